The Hall–Kier alpha value is -1.96. The zero-order valence-corrected chi connectivity index (χ0v) is 13.3. The standard InChI is InChI=1S/C16H21F3N2O3/c1-24-12-5-3-2-4-11(12)15(7-8-15)10-21-14(23)20-9-6-13(22)16(17,18)19/h2-5,13,22H,6-10H2,1H3,(H2,20,21,23). The van der Waals surface area contributed by atoms with Crippen molar-refractivity contribution in [1.82, 2.24) is 10.6 Å². The van der Waals surface area contributed by atoms with E-state index < -0.39 is 24.7 Å². The molecule has 2 amide bonds. The fourth-order valence-electron chi connectivity index (χ4n) is 2.57. The lowest BCUT2D eigenvalue weighted by atomic mass is 9.95. The quantitative estimate of drug-likeness (QED) is 0.710. The highest BCUT2D eigenvalue weighted by Gasteiger charge is 2.46. The van der Waals surface area contributed by atoms with Gasteiger partial charge in [0, 0.05) is 24.1 Å². The largest absolute Gasteiger partial charge is 0.496 e. The molecular formula is C16H21F3N2O3. The van der Waals surface area contributed by atoms with Gasteiger partial charge in [0.25, 0.3) is 0 Å². The summed E-state index contributed by atoms with van der Waals surface area (Å²) in [6.45, 7) is 0.120. The molecule has 1 atom stereocenters. The van der Waals surface area contributed by atoms with Crippen LogP contribution in [0.15, 0.2) is 24.3 Å². The molecule has 0 radical (unpaired) electrons. The second kappa shape index (κ2) is 7.29. The third kappa shape index (κ3) is 4.53. The van der Waals surface area contributed by atoms with Crippen LogP contribution in [0.1, 0.15) is 24.8 Å². The van der Waals surface area contributed by atoms with Gasteiger partial charge < -0.3 is 20.5 Å². The number of alkyl halides is 3. The predicted octanol–water partition coefficient (Wildman–Crippen LogP) is 2.34. The number of aliphatic hydroxyl groups is 1. The molecule has 5 nitrogen and oxygen atoms in total. The van der Waals surface area contributed by atoms with Crippen molar-refractivity contribution in [3.8, 4) is 5.75 Å². The molecule has 0 aliphatic heterocycles. The van der Waals surface area contributed by atoms with E-state index in [2.05, 4.69) is 10.6 Å². The van der Waals surface area contributed by atoms with Gasteiger partial charge in [-0.05, 0) is 25.3 Å². The van der Waals surface area contributed by atoms with Crippen molar-refractivity contribution in [2.45, 2.75) is 37.0 Å². The zero-order chi connectivity index (χ0) is 17.8. The number of hydrogen-bond acceptors (Lipinski definition) is 3. The SMILES string of the molecule is COc1ccccc1C1(CNC(=O)NCCC(O)C(F)(F)F)CC1. The Morgan fingerprint density at radius 1 is 1.33 bits per heavy atom. The first-order chi connectivity index (χ1) is 11.3. The van der Waals surface area contributed by atoms with Crippen molar-refractivity contribution in [2.75, 3.05) is 20.2 Å². The number of ether oxygens (including phenoxy) is 1. The molecule has 1 fully saturated rings. The van der Waals surface area contributed by atoms with Crippen LogP contribution in [-0.2, 0) is 5.41 Å². The van der Waals surface area contributed by atoms with Crippen LogP contribution in [0.25, 0.3) is 0 Å². The maximum absolute atomic E-state index is 12.2. The number of urea groups is 1. The normalized spacial score (nSPS) is 17.0. The summed E-state index contributed by atoms with van der Waals surface area (Å²) in [5.74, 6) is 0.755. The highest BCUT2D eigenvalue weighted by Crippen LogP contribution is 2.50. The van der Waals surface area contributed by atoms with Gasteiger partial charge in [0.15, 0.2) is 6.10 Å². The smallest absolute Gasteiger partial charge is 0.414 e. The molecule has 2 rings (SSSR count). The lowest BCUT2D eigenvalue weighted by Crippen LogP contribution is -2.41. The van der Waals surface area contributed by atoms with Crippen LogP contribution in [0.4, 0.5) is 18.0 Å². The number of aliphatic hydroxyl groups excluding tert-OH is 1. The van der Waals surface area contributed by atoms with Gasteiger partial charge in [-0.15, -0.1) is 0 Å². The molecule has 1 saturated carbocycles. The van der Waals surface area contributed by atoms with E-state index in [1.807, 2.05) is 24.3 Å². The minimum Gasteiger partial charge on any atom is -0.496 e. The Morgan fingerprint density at radius 3 is 2.58 bits per heavy atom. The van der Waals surface area contributed by atoms with E-state index in [0.717, 1.165) is 24.2 Å². The summed E-state index contributed by atoms with van der Waals surface area (Å²) < 4.78 is 41.8. The number of carbonyl (C=O) groups is 1. The first kappa shape index (κ1) is 18.4. The predicted molar refractivity (Wildman–Crippen MR) is 82.0 cm³/mol. The monoisotopic (exact) mass is 346 g/mol. The molecule has 24 heavy (non-hydrogen) atoms. The number of carbonyl (C=O) groups excluding carboxylic acids is 1. The molecule has 0 bridgehead atoms. The van der Waals surface area contributed by atoms with Crippen LogP contribution >= 0.6 is 0 Å². The maximum Gasteiger partial charge on any atom is 0.414 e. The summed E-state index contributed by atoms with van der Waals surface area (Å²) >= 11 is 0. The molecule has 1 unspecified atom stereocenters. The summed E-state index contributed by atoms with van der Waals surface area (Å²) in [7, 11) is 1.58. The Bertz CT molecular complexity index is 574. The number of hydrogen-bond donors (Lipinski definition) is 3. The van der Waals surface area contributed by atoms with E-state index in [9.17, 15) is 18.0 Å². The highest BCUT2D eigenvalue weighted by atomic mass is 19.4. The van der Waals surface area contributed by atoms with Gasteiger partial charge in [-0.25, -0.2) is 4.79 Å². The molecule has 1 aliphatic carbocycles. The van der Waals surface area contributed by atoms with Crippen molar-refractivity contribution in [3.63, 3.8) is 0 Å². The number of para-hydroxylation sites is 1. The Labute approximate surface area is 138 Å². The van der Waals surface area contributed by atoms with E-state index in [1.54, 1.807) is 7.11 Å². The zero-order valence-electron chi connectivity index (χ0n) is 13.3. The number of methoxy groups -OCH3 is 1. The lowest BCUT2D eigenvalue weighted by Gasteiger charge is -2.20. The Balaban J connectivity index is 1.80. The summed E-state index contributed by atoms with van der Waals surface area (Å²) in [4.78, 5) is 11.7. The van der Waals surface area contributed by atoms with E-state index in [4.69, 9.17) is 9.84 Å². The summed E-state index contributed by atoms with van der Waals surface area (Å²) in [5, 5.41) is 13.9. The van der Waals surface area contributed by atoms with Gasteiger partial charge in [-0.3, -0.25) is 0 Å². The third-order valence-corrected chi connectivity index (χ3v) is 4.20. The third-order valence-electron chi connectivity index (χ3n) is 4.20. The maximum atomic E-state index is 12.2. The van der Waals surface area contributed by atoms with Crippen molar-refractivity contribution in [3.05, 3.63) is 29.8 Å². The molecule has 0 aromatic heterocycles. The van der Waals surface area contributed by atoms with Crippen LogP contribution < -0.4 is 15.4 Å². The lowest BCUT2D eigenvalue weighted by molar-refractivity contribution is -0.204. The second-order valence-corrected chi connectivity index (χ2v) is 5.94. The summed E-state index contributed by atoms with van der Waals surface area (Å²) in [6, 6.07) is 7.02. The van der Waals surface area contributed by atoms with Crippen LogP contribution in [0, 0.1) is 0 Å². The minimum atomic E-state index is -4.67. The number of benzene rings is 1. The second-order valence-electron chi connectivity index (χ2n) is 5.94. The number of nitrogens with one attached hydrogen (secondary N) is 2. The molecule has 1 aromatic carbocycles. The molecule has 1 aliphatic rings. The first-order valence-electron chi connectivity index (χ1n) is 7.68. The molecule has 3 N–H and O–H groups in total. The highest BCUT2D eigenvalue weighted by molar-refractivity contribution is 5.74. The van der Waals surface area contributed by atoms with Gasteiger partial charge >= 0.3 is 12.2 Å². The molecule has 0 heterocycles. The Kier molecular flexibility index (Phi) is 5.58. The van der Waals surface area contributed by atoms with Gasteiger partial charge in [-0.1, -0.05) is 18.2 Å². The average Bonchev–Trinajstić information content (AvgIpc) is 3.33. The first-order valence-corrected chi connectivity index (χ1v) is 7.68. The van der Waals surface area contributed by atoms with Crippen LogP contribution in [0.5, 0.6) is 5.75 Å². The number of halogens is 3. The van der Waals surface area contributed by atoms with Gasteiger partial charge in [-0.2, -0.15) is 13.2 Å². The van der Waals surface area contributed by atoms with E-state index in [-0.39, 0.29) is 12.0 Å². The van der Waals surface area contributed by atoms with Crippen LogP contribution in [0.3, 0.4) is 0 Å². The molecule has 0 spiro atoms. The van der Waals surface area contributed by atoms with Crippen molar-refractivity contribution < 1.29 is 27.8 Å². The molecule has 1 aromatic rings. The molecule has 8 heteroatoms. The topological polar surface area (TPSA) is 70.6 Å². The van der Waals surface area contributed by atoms with Crippen molar-refractivity contribution >= 4 is 6.03 Å². The van der Waals surface area contributed by atoms with Crippen LogP contribution in [0.2, 0.25) is 0 Å². The van der Waals surface area contributed by atoms with Crippen molar-refractivity contribution in [1.29, 1.82) is 0 Å². The number of rotatable bonds is 7. The van der Waals surface area contributed by atoms with E-state index >= 15 is 0 Å². The minimum absolute atomic E-state index is 0.185. The molecule has 134 valence electrons. The van der Waals surface area contributed by atoms with E-state index in [1.165, 1.54) is 0 Å². The van der Waals surface area contributed by atoms with Crippen LogP contribution in [-0.4, -0.2) is 43.6 Å². The fourth-order valence-corrected chi connectivity index (χ4v) is 2.57. The summed E-state index contributed by atoms with van der Waals surface area (Å²) in [6.07, 6.45) is -5.86. The van der Waals surface area contributed by atoms with E-state index in [0.29, 0.717) is 6.54 Å². The molecular weight excluding hydrogens is 325 g/mol. The Morgan fingerprint density at radius 2 is 2.00 bits per heavy atom. The van der Waals surface area contributed by atoms with Gasteiger partial charge in [0.1, 0.15) is 5.75 Å². The fraction of sp³-hybridized carbons (Fsp3) is 0.562. The summed E-state index contributed by atoms with van der Waals surface area (Å²) in [5.41, 5.74) is 0.829. The van der Waals surface area contributed by atoms with Gasteiger partial charge in [0.05, 0.1) is 7.11 Å². The van der Waals surface area contributed by atoms with Gasteiger partial charge in [0.2, 0.25) is 0 Å². The molecule has 0 saturated heterocycles. The number of amides is 2. The average molecular weight is 346 g/mol. The van der Waals surface area contributed by atoms with Crippen molar-refractivity contribution in [2.24, 2.45) is 0 Å².